The first-order valence-corrected chi connectivity index (χ1v) is 13.9. The zero-order valence-corrected chi connectivity index (χ0v) is 22.1. The van der Waals surface area contributed by atoms with Crippen LogP contribution in [-0.2, 0) is 0 Å². The summed E-state index contributed by atoms with van der Waals surface area (Å²) in [7, 11) is 0. The van der Waals surface area contributed by atoms with Gasteiger partial charge in [0.1, 0.15) is 0 Å². The number of anilines is 2. The van der Waals surface area contributed by atoms with Crippen LogP contribution in [0.2, 0.25) is 0 Å². The number of hydrogen-bond acceptors (Lipinski definition) is 7. The molecule has 5 rings (SSSR count). The predicted octanol–water partition coefficient (Wildman–Crippen LogP) is 4.01. The van der Waals surface area contributed by atoms with Crippen LogP contribution < -0.4 is 21.7 Å². The summed E-state index contributed by atoms with van der Waals surface area (Å²) in [4.78, 5) is 29.1. The Morgan fingerprint density at radius 2 is 1.61 bits per heavy atom. The van der Waals surface area contributed by atoms with Gasteiger partial charge in [0.25, 0.3) is 0 Å². The largest absolute Gasteiger partial charge is 0.365 e. The van der Waals surface area contributed by atoms with E-state index in [1.54, 1.807) is 0 Å². The van der Waals surface area contributed by atoms with Crippen LogP contribution >= 0.6 is 0 Å². The van der Waals surface area contributed by atoms with Gasteiger partial charge in [-0.15, -0.1) is 0 Å². The smallest absolute Gasteiger partial charge is 0.317 e. The van der Waals surface area contributed by atoms with Crippen LogP contribution in [0.4, 0.5) is 16.6 Å². The number of piperidine rings is 1. The van der Waals surface area contributed by atoms with Crippen LogP contribution in [0.25, 0.3) is 11.2 Å². The van der Waals surface area contributed by atoms with E-state index in [0.717, 1.165) is 68.6 Å². The summed E-state index contributed by atoms with van der Waals surface area (Å²) < 4.78 is 2.26. The number of amides is 2. The van der Waals surface area contributed by atoms with Crippen LogP contribution in [0.1, 0.15) is 91.0 Å². The molecule has 0 bridgehead atoms. The van der Waals surface area contributed by atoms with E-state index in [-0.39, 0.29) is 17.6 Å². The second-order valence-corrected chi connectivity index (χ2v) is 12.0. The lowest BCUT2D eigenvalue weighted by molar-refractivity contribution is 0.175. The van der Waals surface area contributed by atoms with Crippen molar-refractivity contribution in [1.82, 2.24) is 29.7 Å². The molecular weight excluding hydrogens is 454 g/mol. The monoisotopic (exact) mass is 497 g/mol. The van der Waals surface area contributed by atoms with E-state index >= 15 is 0 Å². The molecule has 0 aromatic carbocycles. The Morgan fingerprint density at radius 1 is 0.944 bits per heavy atom. The molecule has 0 radical (unpaired) electrons. The maximum atomic E-state index is 12.6. The first kappa shape index (κ1) is 25.0. The minimum Gasteiger partial charge on any atom is -0.365 e. The standard InChI is InChI=1S/C26H43N9O/c1-26(2,3)33-25(36)34-14-12-19(13-15-34)29-22-21-23(35(16-28-21)20-6-4-5-7-20)32-24(31-22)30-18-10-8-17(27)9-11-18/h16-20H,4-15,27H2,1-3H3,(H,33,36)(H2,29,30,31,32)/t17-,18-. The Morgan fingerprint density at radius 3 is 2.28 bits per heavy atom. The van der Waals surface area contributed by atoms with Crippen molar-refractivity contribution in [1.29, 1.82) is 0 Å². The Hall–Kier alpha value is -2.62. The van der Waals surface area contributed by atoms with Crippen molar-refractivity contribution in [3.8, 4) is 0 Å². The van der Waals surface area contributed by atoms with Crippen molar-refractivity contribution >= 4 is 29.0 Å². The second-order valence-electron chi connectivity index (χ2n) is 12.0. The number of imidazole rings is 1. The average Bonchev–Trinajstić information content (AvgIpc) is 3.50. The fourth-order valence-electron chi connectivity index (χ4n) is 5.80. The zero-order valence-electron chi connectivity index (χ0n) is 22.1. The maximum absolute atomic E-state index is 12.6. The van der Waals surface area contributed by atoms with Crippen LogP contribution in [0.5, 0.6) is 0 Å². The topological polar surface area (TPSA) is 126 Å². The van der Waals surface area contributed by atoms with Crippen molar-refractivity contribution in [3.05, 3.63) is 6.33 Å². The van der Waals surface area contributed by atoms with E-state index in [1.165, 1.54) is 25.7 Å². The lowest BCUT2D eigenvalue weighted by Crippen LogP contribution is -2.51. The number of nitrogens with two attached hydrogens (primary N) is 1. The van der Waals surface area contributed by atoms with E-state index in [9.17, 15) is 4.79 Å². The summed E-state index contributed by atoms with van der Waals surface area (Å²) in [6, 6.07) is 1.37. The number of aromatic nitrogens is 4. The van der Waals surface area contributed by atoms with Crippen molar-refractivity contribution in [2.24, 2.45) is 5.73 Å². The van der Waals surface area contributed by atoms with Gasteiger partial charge in [0.15, 0.2) is 17.0 Å². The van der Waals surface area contributed by atoms with Crippen LogP contribution in [0.3, 0.4) is 0 Å². The number of rotatable bonds is 5. The normalized spacial score (nSPS) is 24.3. The summed E-state index contributed by atoms with van der Waals surface area (Å²) >= 11 is 0. The average molecular weight is 498 g/mol. The molecule has 2 aliphatic carbocycles. The molecule has 2 amide bonds. The van der Waals surface area contributed by atoms with Crippen molar-refractivity contribution < 1.29 is 4.79 Å². The van der Waals surface area contributed by atoms with Crippen molar-refractivity contribution in [2.45, 2.75) is 115 Å². The third kappa shape index (κ3) is 5.85. The fraction of sp³-hybridized carbons (Fsp3) is 0.769. The van der Waals surface area contributed by atoms with E-state index in [0.29, 0.717) is 24.1 Å². The van der Waals surface area contributed by atoms with E-state index < -0.39 is 0 Å². The summed E-state index contributed by atoms with van der Waals surface area (Å²) in [6.07, 6.45) is 12.7. The van der Waals surface area contributed by atoms with E-state index in [1.807, 2.05) is 32.0 Å². The van der Waals surface area contributed by atoms with Gasteiger partial charge in [-0.05, 0) is 72.1 Å². The molecule has 2 saturated carbocycles. The van der Waals surface area contributed by atoms with Crippen LogP contribution in [-0.4, -0.2) is 67.2 Å². The highest BCUT2D eigenvalue weighted by Crippen LogP contribution is 2.34. The first-order chi connectivity index (χ1) is 17.2. The molecule has 2 aromatic heterocycles. The fourth-order valence-corrected chi connectivity index (χ4v) is 5.80. The van der Waals surface area contributed by atoms with E-state index in [2.05, 4.69) is 20.5 Å². The Labute approximate surface area is 214 Å². The van der Waals surface area contributed by atoms with Gasteiger partial charge in [-0.3, -0.25) is 0 Å². The van der Waals surface area contributed by atoms with Crippen molar-refractivity contribution in [2.75, 3.05) is 23.7 Å². The summed E-state index contributed by atoms with van der Waals surface area (Å²) in [5.41, 5.74) is 7.64. The number of nitrogens with one attached hydrogen (secondary N) is 3. The number of likely N-dealkylation sites (tertiary alicyclic amines) is 1. The highest BCUT2D eigenvalue weighted by molar-refractivity contribution is 5.84. The third-order valence-corrected chi connectivity index (χ3v) is 7.85. The van der Waals surface area contributed by atoms with Gasteiger partial charge in [0.05, 0.1) is 6.33 Å². The molecule has 3 fully saturated rings. The Kier molecular flexibility index (Phi) is 7.23. The Balaban J connectivity index is 1.33. The summed E-state index contributed by atoms with van der Waals surface area (Å²) in [5.74, 6) is 1.47. The molecular formula is C26H43N9O. The van der Waals surface area contributed by atoms with Gasteiger partial charge >= 0.3 is 6.03 Å². The molecule has 10 heteroatoms. The molecule has 10 nitrogen and oxygen atoms in total. The molecule has 198 valence electrons. The lowest BCUT2D eigenvalue weighted by Gasteiger charge is -2.34. The van der Waals surface area contributed by atoms with Crippen molar-refractivity contribution in [3.63, 3.8) is 0 Å². The van der Waals surface area contributed by atoms with Crippen LogP contribution in [0.15, 0.2) is 6.33 Å². The first-order valence-electron chi connectivity index (χ1n) is 13.9. The summed E-state index contributed by atoms with van der Waals surface area (Å²) in [6.45, 7) is 7.47. The quantitative estimate of drug-likeness (QED) is 0.492. The molecule has 3 aliphatic rings. The highest BCUT2D eigenvalue weighted by atomic mass is 16.2. The van der Waals surface area contributed by atoms with Gasteiger partial charge in [0.2, 0.25) is 5.95 Å². The molecule has 3 heterocycles. The SMILES string of the molecule is CC(C)(C)NC(=O)N1CCC(Nc2nc(N[C@H]3CC[C@H](N)CC3)nc3c2ncn3C2CCCC2)CC1. The Bertz CT molecular complexity index is 1040. The van der Waals surface area contributed by atoms with Gasteiger partial charge in [-0.1, -0.05) is 12.8 Å². The van der Waals surface area contributed by atoms with Gasteiger partial charge in [-0.2, -0.15) is 9.97 Å². The van der Waals surface area contributed by atoms with Gasteiger partial charge < -0.3 is 31.2 Å². The number of urea groups is 1. The van der Waals surface area contributed by atoms with Crippen LogP contribution in [0, 0.1) is 0 Å². The minimum absolute atomic E-state index is 0.0133. The molecule has 1 saturated heterocycles. The molecule has 5 N–H and O–H groups in total. The third-order valence-electron chi connectivity index (χ3n) is 7.85. The molecule has 36 heavy (non-hydrogen) atoms. The number of hydrogen-bond donors (Lipinski definition) is 4. The molecule has 0 unspecified atom stereocenters. The summed E-state index contributed by atoms with van der Waals surface area (Å²) in [5, 5.41) is 10.4. The minimum atomic E-state index is -0.232. The molecule has 0 atom stereocenters. The zero-order chi connectivity index (χ0) is 25.3. The number of nitrogens with zero attached hydrogens (tertiary/aromatic N) is 5. The molecule has 2 aromatic rings. The lowest BCUT2D eigenvalue weighted by atomic mass is 9.92. The van der Waals surface area contributed by atoms with E-state index in [4.69, 9.17) is 20.7 Å². The van der Waals surface area contributed by atoms with Gasteiger partial charge in [0, 0.05) is 42.8 Å². The highest BCUT2D eigenvalue weighted by Gasteiger charge is 2.28. The maximum Gasteiger partial charge on any atom is 0.317 e. The molecule has 0 spiro atoms. The number of fused-ring (bicyclic) bond motifs is 1. The number of carbonyl (C=O) groups is 1. The van der Waals surface area contributed by atoms with Gasteiger partial charge in [-0.25, -0.2) is 9.78 Å². The molecule has 1 aliphatic heterocycles. The second kappa shape index (κ2) is 10.4. The number of carbonyl (C=O) groups excluding carboxylic acids is 1. The predicted molar refractivity (Wildman–Crippen MR) is 143 cm³/mol.